The third-order valence-electron chi connectivity index (χ3n) is 3.08. The molecule has 9 heteroatoms. The zero-order valence-electron chi connectivity index (χ0n) is 13.4. The molecule has 0 amide bonds. The van der Waals surface area contributed by atoms with Crippen molar-refractivity contribution in [2.24, 2.45) is 0 Å². The van der Waals surface area contributed by atoms with Gasteiger partial charge in [-0.15, -0.1) is 11.3 Å². The molecule has 0 radical (unpaired) electrons. The summed E-state index contributed by atoms with van der Waals surface area (Å²) in [4.78, 5) is 0. The fourth-order valence-corrected chi connectivity index (χ4v) is 6.75. The van der Waals surface area contributed by atoms with Crippen LogP contribution in [0.15, 0.2) is 52.1 Å². The molecule has 1 N–H and O–H groups in total. The van der Waals surface area contributed by atoms with Gasteiger partial charge >= 0.3 is 7.60 Å². The van der Waals surface area contributed by atoms with Crippen LogP contribution < -0.4 is 4.72 Å². The number of rotatable bonds is 9. The largest absolute Gasteiger partial charge is 0.352 e. The highest BCUT2D eigenvalue weighted by Gasteiger charge is 2.40. The molecule has 0 saturated heterocycles. The van der Waals surface area contributed by atoms with Crippen molar-refractivity contribution >= 4 is 29.0 Å². The summed E-state index contributed by atoms with van der Waals surface area (Å²) in [5, 5.41) is 1.66. The lowest BCUT2D eigenvalue weighted by molar-refractivity contribution is 0.210. The van der Waals surface area contributed by atoms with E-state index in [2.05, 4.69) is 4.72 Å². The van der Waals surface area contributed by atoms with Gasteiger partial charge in [0.2, 0.25) is 0 Å². The Morgan fingerprint density at radius 1 is 1.08 bits per heavy atom. The van der Waals surface area contributed by atoms with Gasteiger partial charge in [-0.25, -0.2) is 8.42 Å². The Morgan fingerprint density at radius 2 is 1.71 bits per heavy atom. The van der Waals surface area contributed by atoms with Gasteiger partial charge in [0.1, 0.15) is 9.99 Å². The van der Waals surface area contributed by atoms with Crippen LogP contribution in [0.2, 0.25) is 0 Å². The van der Waals surface area contributed by atoms with E-state index in [4.69, 9.17) is 9.05 Å². The van der Waals surface area contributed by atoms with Crippen LogP contribution in [-0.2, 0) is 23.6 Å². The van der Waals surface area contributed by atoms with Crippen molar-refractivity contribution < 1.29 is 22.0 Å². The molecule has 1 aromatic carbocycles. The lowest BCUT2D eigenvalue weighted by Crippen LogP contribution is -2.29. The standard InChI is InChI=1S/C15H20NO5PS2/c1-3-20-22(17,21-4-2)15(13-9-6-5-7-10-13)16-24(18,19)14-11-8-12-23-14/h5-12,15-16H,3-4H2,1-2H3. The molecule has 1 heterocycles. The van der Waals surface area contributed by atoms with Crippen molar-refractivity contribution in [3.05, 3.63) is 53.4 Å². The van der Waals surface area contributed by atoms with Crippen LogP contribution in [0.1, 0.15) is 25.2 Å². The van der Waals surface area contributed by atoms with Crippen molar-refractivity contribution in [2.75, 3.05) is 13.2 Å². The van der Waals surface area contributed by atoms with E-state index in [0.29, 0.717) is 5.56 Å². The lowest BCUT2D eigenvalue weighted by atomic mass is 10.2. The summed E-state index contributed by atoms with van der Waals surface area (Å²) in [6.07, 6.45) is 0. The molecule has 0 fully saturated rings. The molecule has 132 valence electrons. The quantitative estimate of drug-likeness (QED) is 0.656. The average molecular weight is 389 g/mol. The molecule has 0 saturated carbocycles. The number of hydrogen-bond donors (Lipinski definition) is 1. The minimum absolute atomic E-state index is 0.140. The Kier molecular flexibility index (Phi) is 6.74. The molecule has 2 rings (SSSR count). The van der Waals surface area contributed by atoms with E-state index in [0.717, 1.165) is 11.3 Å². The molecule has 0 aliphatic heterocycles. The Balaban J connectivity index is 2.46. The average Bonchev–Trinajstić information content (AvgIpc) is 3.09. The van der Waals surface area contributed by atoms with Crippen molar-refractivity contribution in [1.82, 2.24) is 4.72 Å². The van der Waals surface area contributed by atoms with Crippen molar-refractivity contribution in [2.45, 2.75) is 23.8 Å². The van der Waals surface area contributed by atoms with E-state index < -0.39 is 23.4 Å². The zero-order valence-corrected chi connectivity index (χ0v) is 15.9. The predicted octanol–water partition coefficient (Wildman–Crippen LogP) is 3.99. The van der Waals surface area contributed by atoms with Gasteiger partial charge in [0.15, 0.2) is 0 Å². The molecule has 0 aliphatic carbocycles. The highest BCUT2D eigenvalue weighted by Crippen LogP contribution is 2.60. The lowest BCUT2D eigenvalue weighted by Gasteiger charge is -2.27. The second kappa shape index (κ2) is 8.38. The van der Waals surface area contributed by atoms with Gasteiger partial charge in [0, 0.05) is 0 Å². The fraction of sp³-hybridized carbons (Fsp3) is 0.333. The normalized spacial score (nSPS) is 13.8. The molecule has 1 atom stereocenters. The molecular weight excluding hydrogens is 369 g/mol. The maximum atomic E-state index is 13.2. The van der Waals surface area contributed by atoms with Crippen molar-refractivity contribution in [3.8, 4) is 0 Å². The van der Waals surface area contributed by atoms with Crippen LogP contribution in [0.3, 0.4) is 0 Å². The second-order valence-electron chi connectivity index (χ2n) is 4.74. The van der Waals surface area contributed by atoms with E-state index >= 15 is 0 Å². The highest BCUT2D eigenvalue weighted by molar-refractivity contribution is 7.91. The van der Waals surface area contributed by atoms with Gasteiger partial charge in [0.25, 0.3) is 10.0 Å². The second-order valence-corrected chi connectivity index (χ2v) is 9.74. The van der Waals surface area contributed by atoms with Gasteiger partial charge in [-0.2, -0.15) is 4.72 Å². The van der Waals surface area contributed by atoms with E-state index in [9.17, 15) is 13.0 Å². The Bertz CT molecular complexity index is 767. The van der Waals surface area contributed by atoms with Crippen LogP contribution in [0.5, 0.6) is 0 Å². The van der Waals surface area contributed by atoms with Crippen LogP contribution in [0.25, 0.3) is 0 Å². The molecule has 24 heavy (non-hydrogen) atoms. The number of thiophene rings is 1. The minimum Gasteiger partial charge on any atom is -0.308 e. The maximum absolute atomic E-state index is 13.2. The number of sulfonamides is 1. The predicted molar refractivity (Wildman–Crippen MR) is 94.7 cm³/mol. The van der Waals surface area contributed by atoms with Crippen molar-refractivity contribution in [3.63, 3.8) is 0 Å². The number of benzene rings is 1. The molecule has 1 aromatic heterocycles. The van der Waals surface area contributed by atoms with Crippen LogP contribution in [0, 0.1) is 0 Å². The van der Waals surface area contributed by atoms with E-state index in [-0.39, 0.29) is 17.4 Å². The summed E-state index contributed by atoms with van der Waals surface area (Å²) >= 11 is 1.08. The minimum atomic E-state index is -3.85. The first-order valence-electron chi connectivity index (χ1n) is 7.42. The molecule has 0 aliphatic rings. The molecule has 0 bridgehead atoms. The number of nitrogens with one attached hydrogen (secondary N) is 1. The smallest absolute Gasteiger partial charge is 0.308 e. The topological polar surface area (TPSA) is 81.7 Å². The summed E-state index contributed by atoms with van der Waals surface area (Å²) in [5.74, 6) is -1.12. The molecule has 6 nitrogen and oxygen atoms in total. The summed E-state index contributed by atoms with van der Waals surface area (Å²) in [7, 11) is -7.58. The van der Waals surface area contributed by atoms with Crippen LogP contribution in [0.4, 0.5) is 0 Å². The van der Waals surface area contributed by atoms with Gasteiger partial charge in [0.05, 0.1) is 13.2 Å². The van der Waals surface area contributed by atoms with E-state index in [1.165, 1.54) is 6.07 Å². The first-order valence-corrected chi connectivity index (χ1v) is 11.4. The summed E-state index contributed by atoms with van der Waals surface area (Å²) in [6.45, 7) is 3.64. The van der Waals surface area contributed by atoms with Gasteiger partial charge in [-0.05, 0) is 30.9 Å². The summed E-state index contributed by atoms with van der Waals surface area (Å²) in [5.41, 5.74) is 0.517. The Hall–Kier alpha value is -1.02. The third-order valence-corrected chi connectivity index (χ3v) is 8.37. The van der Waals surface area contributed by atoms with Gasteiger partial charge in [-0.1, -0.05) is 36.4 Å². The molecule has 2 aromatic rings. The van der Waals surface area contributed by atoms with Crippen LogP contribution in [-0.4, -0.2) is 21.6 Å². The molecule has 1 unspecified atom stereocenters. The highest BCUT2D eigenvalue weighted by atomic mass is 32.2. The SMILES string of the molecule is CCOP(=O)(OCC)C(NS(=O)(=O)c1cccs1)c1ccccc1. The van der Waals surface area contributed by atoms with E-state index in [1.54, 1.807) is 55.6 Å². The zero-order chi connectivity index (χ0) is 17.6. The van der Waals surface area contributed by atoms with E-state index in [1.807, 2.05) is 0 Å². The Labute approximate surface area is 146 Å². The van der Waals surface area contributed by atoms with Gasteiger partial charge in [-0.3, -0.25) is 4.57 Å². The molecular formula is C15H20NO5PS2. The van der Waals surface area contributed by atoms with Crippen molar-refractivity contribution in [1.29, 1.82) is 0 Å². The summed E-state index contributed by atoms with van der Waals surface area (Å²) in [6, 6.07) is 11.8. The summed E-state index contributed by atoms with van der Waals surface area (Å²) < 4.78 is 51.7. The maximum Gasteiger partial charge on any atom is 0.352 e. The monoisotopic (exact) mass is 389 g/mol. The van der Waals surface area contributed by atoms with Gasteiger partial charge < -0.3 is 9.05 Å². The molecule has 0 spiro atoms. The first-order chi connectivity index (χ1) is 11.4. The third kappa shape index (κ3) is 4.53. The number of hydrogen-bond acceptors (Lipinski definition) is 6. The first kappa shape index (κ1) is 19.3. The van der Waals surface area contributed by atoms with Crippen LogP contribution >= 0.6 is 18.9 Å². The Morgan fingerprint density at radius 3 is 2.21 bits per heavy atom. The fourth-order valence-electron chi connectivity index (χ4n) is 2.12.